The molecule has 0 saturated heterocycles. The third-order valence-electron chi connectivity index (χ3n) is 1.58. The van der Waals surface area contributed by atoms with Crippen LogP contribution in [0.25, 0.3) is 0 Å². The van der Waals surface area contributed by atoms with Gasteiger partial charge in [-0.2, -0.15) is 0 Å². The highest BCUT2D eigenvalue weighted by molar-refractivity contribution is 7.92. The summed E-state index contributed by atoms with van der Waals surface area (Å²) in [6, 6.07) is 6.81. The van der Waals surface area contributed by atoms with Crippen LogP contribution in [0.15, 0.2) is 24.3 Å². The van der Waals surface area contributed by atoms with Gasteiger partial charge in [0.25, 0.3) is 0 Å². The quantitative estimate of drug-likeness (QED) is 0.885. The molecule has 1 aromatic rings. The minimum atomic E-state index is -3.22. The summed E-state index contributed by atoms with van der Waals surface area (Å²) in [7, 11) is -3.22. The van der Waals surface area contributed by atoms with Crippen molar-refractivity contribution in [3.05, 3.63) is 24.3 Å². The minimum Gasteiger partial charge on any atom is -0.488 e. The number of benzene rings is 1. The van der Waals surface area contributed by atoms with Crippen molar-refractivity contribution < 1.29 is 13.2 Å². The predicted molar refractivity (Wildman–Crippen MR) is 65.3 cm³/mol. The number of hydrogen-bond acceptors (Lipinski definition) is 3. The molecule has 5 heteroatoms. The molecule has 16 heavy (non-hydrogen) atoms. The fourth-order valence-electron chi connectivity index (χ4n) is 1.16. The Morgan fingerprint density at radius 1 is 1.12 bits per heavy atom. The van der Waals surface area contributed by atoms with Crippen LogP contribution >= 0.6 is 0 Å². The fraction of sp³-hybridized carbons (Fsp3) is 0.455. The summed E-state index contributed by atoms with van der Waals surface area (Å²) in [6.45, 7) is 5.86. The van der Waals surface area contributed by atoms with Crippen LogP contribution in [0.3, 0.4) is 0 Å². The summed E-state index contributed by atoms with van der Waals surface area (Å²) in [6.07, 6.45) is 1.12. The highest BCUT2D eigenvalue weighted by Gasteiger charge is 2.11. The average Bonchev–Trinajstić information content (AvgIpc) is 2.03. The Kier molecular flexibility index (Phi) is 3.48. The van der Waals surface area contributed by atoms with Gasteiger partial charge in [-0.1, -0.05) is 0 Å². The lowest BCUT2D eigenvalue weighted by Crippen LogP contribution is -2.22. The van der Waals surface area contributed by atoms with Gasteiger partial charge < -0.3 is 4.74 Å². The van der Waals surface area contributed by atoms with Crippen molar-refractivity contribution in [2.24, 2.45) is 0 Å². The Hall–Kier alpha value is -1.23. The lowest BCUT2D eigenvalue weighted by Gasteiger charge is -2.21. The van der Waals surface area contributed by atoms with E-state index in [-0.39, 0.29) is 5.60 Å². The normalized spacial score (nSPS) is 12.2. The summed E-state index contributed by atoms with van der Waals surface area (Å²) in [4.78, 5) is 0. The predicted octanol–water partition coefficient (Wildman–Crippen LogP) is 2.24. The van der Waals surface area contributed by atoms with E-state index in [1.54, 1.807) is 24.3 Å². The zero-order valence-electron chi connectivity index (χ0n) is 9.94. The van der Waals surface area contributed by atoms with Crippen LogP contribution in [0, 0.1) is 0 Å². The Balaban J connectivity index is 2.76. The summed E-state index contributed by atoms with van der Waals surface area (Å²) in [5.74, 6) is 0.714. The molecule has 90 valence electrons. The highest BCUT2D eigenvalue weighted by atomic mass is 32.2. The molecule has 0 radical (unpaired) electrons. The first-order chi connectivity index (χ1) is 7.16. The summed E-state index contributed by atoms with van der Waals surface area (Å²) >= 11 is 0. The largest absolute Gasteiger partial charge is 0.488 e. The van der Waals surface area contributed by atoms with Crippen LogP contribution in [0.2, 0.25) is 0 Å². The molecule has 0 fully saturated rings. The lowest BCUT2D eigenvalue weighted by atomic mass is 10.2. The van der Waals surface area contributed by atoms with Crippen molar-refractivity contribution in [3.8, 4) is 5.75 Å². The van der Waals surface area contributed by atoms with Gasteiger partial charge in [-0.15, -0.1) is 0 Å². The summed E-state index contributed by atoms with van der Waals surface area (Å²) < 4.78 is 29.9. The Bertz CT molecular complexity index is 443. The van der Waals surface area contributed by atoms with E-state index in [4.69, 9.17) is 4.74 Å². The van der Waals surface area contributed by atoms with E-state index in [1.807, 2.05) is 20.8 Å². The van der Waals surface area contributed by atoms with E-state index < -0.39 is 10.0 Å². The number of ether oxygens (including phenoxy) is 1. The molecule has 0 aliphatic heterocycles. The van der Waals surface area contributed by atoms with Crippen molar-refractivity contribution in [3.63, 3.8) is 0 Å². The summed E-state index contributed by atoms with van der Waals surface area (Å²) in [5, 5.41) is 0. The molecule has 1 rings (SSSR count). The Morgan fingerprint density at radius 2 is 1.62 bits per heavy atom. The van der Waals surface area contributed by atoms with Crippen molar-refractivity contribution in [1.82, 2.24) is 0 Å². The van der Waals surface area contributed by atoms with Gasteiger partial charge in [0.1, 0.15) is 11.4 Å². The number of rotatable bonds is 3. The second-order valence-electron chi connectivity index (χ2n) is 4.61. The first-order valence-corrected chi connectivity index (χ1v) is 6.82. The van der Waals surface area contributed by atoms with E-state index in [1.165, 1.54) is 0 Å². The lowest BCUT2D eigenvalue weighted by molar-refractivity contribution is 0.131. The molecule has 1 N–H and O–H groups in total. The molecular formula is C11H17NO3S. The summed E-state index contributed by atoms with van der Waals surface area (Å²) in [5.41, 5.74) is 0.273. The maximum atomic E-state index is 11.0. The van der Waals surface area contributed by atoms with Crippen molar-refractivity contribution >= 4 is 15.7 Å². The van der Waals surface area contributed by atoms with Gasteiger partial charge in [0.05, 0.1) is 6.26 Å². The third kappa shape index (κ3) is 5.02. The van der Waals surface area contributed by atoms with Crippen LogP contribution in [-0.2, 0) is 10.0 Å². The van der Waals surface area contributed by atoms with Gasteiger partial charge in [0, 0.05) is 5.69 Å². The van der Waals surface area contributed by atoms with E-state index in [0.717, 1.165) is 6.26 Å². The zero-order chi connectivity index (χ0) is 12.4. The molecule has 0 spiro atoms. The first kappa shape index (κ1) is 12.8. The molecule has 4 nitrogen and oxygen atoms in total. The maximum absolute atomic E-state index is 11.0. The van der Waals surface area contributed by atoms with E-state index >= 15 is 0 Å². The number of hydrogen-bond donors (Lipinski definition) is 1. The van der Waals surface area contributed by atoms with Crippen LogP contribution in [0.5, 0.6) is 5.75 Å². The van der Waals surface area contributed by atoms with E-state index in [9.17, 15) is 8.42 Å². The molecule has 0 unspecified atom stereocenters. The molecule has 0 bridgehead atoms. The second-order valence-corrected chi connectivity index (χ2v) is 6.36. The van der Waals surface area contributed by atoms with Crippen LogP contribution in [0.1, 0.15) is 20.8 Å². The maximum Gasteiger partial charge on any atom is 0.229 e. The topological polar surface area (TPSA) is 55.4 Å². The van der Waals surface area contributed by atoms with Crippen molar-refractivity contribution in [2.75, 3.05) is 11.0 Å². The van der Waals surface area contributed by atoms with Gasteiger partial charge in [-0.05, 0) is 45.0 Å². The molecule has 0 heterocycles. The molecule has 0 aromatic heterocycles. The van der Waals surface area contributed by atoms with Crippen molar-refractivity contribution in [2.45, 2.75) is 26.4 Å². The van der Waals surface area contributed by atoms with Gasteiger partial charge >= 0.3 is 0 Å². The van der Waals surface area contributed by atoms with Gasteiger partial charge in [0.2, 0.25) is 10.0 Å². The second kappa shape index (κ2) is 4.33. The van der Waals surface area contributed by atoms with Crippen LogP contribution in [-0.4, -0.2) is 20.3 Å². The number of anilines is 1. The monoisotopic (exact) mass is 243 g/mol. The highest BCUT2D eigenvalue weighted by Crippen LogP contribution is 2.20. The van der Waals surface area contributed by atoms with Crippen LogP contribution in [0.4, 0.5) is 5.69 Å². The van der Waals surface area contributed by atoms with E-state index in [2.05, 4.69) is 4.72 Å². The van der Waals surface area contributed by atoms with Crippen molar-refractivity contribution in [1.29, 1.82) is 0 Å². The number of nitrogens with one attached hydrogen (secondary N) is 1. The van der Waals surface area contributed by atoms with Crippen LogP contribution < -0.4 is 9.46 Å². The average molecular weight is 243 g/mol. The zero-order valence-corrected chi connectivity index (χ0v) is 10.8. The molecule has 0 aliphatic rings. The molecule has 1 aromatic carbocycles. The first-order valence-electron chi connectivity index (χ1n) is 4.93. The molecule has 0 amide bonds. The van der Waals surface area contributed by atoms with Gasteiger partial charge in [-0.25, -0.2) is 8.42 Å². The van der Waals surface area contributed by atoms with Gasteiger partial charge in [-0.3, -0.25) is 4.72 Å². The Morgan fingerprint density at radius 3 is 2.00 bits per heavy atom. The molecule has 0 atom stereocenters. The number of sulfonamides is 1. The third-order valence-corrected chi connectivity index (χ3v) is 2.19. The van der Waals surface area contributed by atoms with E-state index in [0.29, 0.717) is 11.4 Å². The molecule has 0 aliphatic carbocycles. The standard InChI is InChI=1S/C11H17NO3S/c1-11(2,3)15-10-7-5-9(6-8-10)12-16(4,13)14/h5-8,12H,1-4H3. The van der Waals surface area contributed by atoms with Gasteiger partial charge in [0.15, 0.2) is 0 Å². The SMILES string of the molecule is CC(C)(C)Oc1ccc(NS(C)(=O)=O)cc1. The molecule has 0 saturated carbocycles. The molecular weight excluding hydrogens is 226 g/mol. The smallest absolute Gasteiger partial charge is 0.229 e. The Labute approximate surface area is 96.7 Å². The minimum absolute atomic E-state index is 0.258. The fourth-order valence-corrected chi connectivity index (χ4v) is 1.72.